The van der Waals surface area contributed by atoms with Crippen LogP contribution in [-0.2, 0) is 4.74 Å². The van der Waals surface area contributed by atoms with Gasteiger partial charge in [-0.3, -0.25) is 5.32 Å². The Morgan fingerprint density at radius 2 is 2.46 bits per heavy atom. The van der Waals surface area contributed by atoms with Crippen LogP contribution < -0.4 is 11.1 Å². The second-order valence-electron chi connectivity index (χ2n) is 2.21. The minimum absolute atomic E-state index is 0.260. The third-order valence-corrected chi connectivity index (χ3v) is 1.13. The van der Waals surface area contributed by atoms with Gasteiger partial charge in [-0.1, -0.05) is 13.3 Å². The van der Waals surface area contributed by atoms with Crippen molar-refractivity contribution in [2.75, 3.05) is 6.61 Å². The fourth-order valence-corrected chi connectivity index (χ4v) is 0.532. The van der Waals surface area contributed by atoms with Crippen LogP contribution in [0.3, 0.4) is 0 Å². The zero-order valence-corrected chi connectivity index (χ0v) is 7.41. The van der Waals surface area contributed by atoms with Crippen LogP contribution in [-0.4, -0.2) is 18.7 Å². The number of hydrogen-bond acceptors (Lipinski definition) is 4. The highest BCUT2D eigenvalue weighted by molar-refractivity contribution is 5.93. The topological polar surface area (TPSA) is 100 Å². The van der Waals surface area contributed by atoms with Crippen molar-refractivity contribution in [3.05, 3.63) is 0 Å². The van der Waals surface area contributed by atoms with Gasteiger partial charge in [0.15, 0.2) is 0 Å². The lowest BCUT2D eigenvalue weighted by Crippen LogP contribution is -2.37. The average molecular weight is 184 g/mol. The summed E-state index contributed by atoms with van der Waals surface area (Å²) < 4.78 is 4.68. The van der Waals surface area contributed by atoms with Crippen molar-refractivity contribution >= 4 is 12.1 Å². The maximum Gasteiger partial charge on any atom is 0.413 e. The van der Waals surface area contributed by atoms with E-state index in [0.29, 0.717) is 6.61 Å². The van der Waals surface area contributed by atoms with Crippen LogP contribution in [0.15, 0.2) is 4.99 Å². The molecule has 1 amide bonds. The summed E-state index contributed by atoms with van der Waals surface area (Å²) in [5.74, 6) is -0.260. The van der Waals surface area contributed by atoms with E-state index in [1.54, 1.807) is 0 Å². The molecule has 6 heteroatoms. The Kier molecular flexibility index (Phi) is 5.97. The predicted molar refractivity (Wildman–Crippen MR) is 46.6 cm³/mol. The number of nitrogens with one attached hydrogen (secondary N) is 1. The molecule has 0 saturated carbocycles. The van der Waals surface area contributed by atoms with Gasteiger partial charge in [-0.15, -0.1) is 4.99 Å². The molecule has 13 heavy (non-hydrogen) atoms. The molecule has 0 spiro atoms. The van der Waals surface area contributed by atoms with Crippen molar-refractivity contribution < 1.29 is 9.53 Å². The largest absolute Gasteiger partial charge is 0.449 e. The molecule has 72 valence electrons. The Morgan fingerprint density at radius 3 is 3.00 bits per heavy atom. The summed E-state index contributed by atoms with van der Waals surface area (Å²) >= 11 is 0. The van der Waals surface area contributed by atoms with Crippen molar-refractivity contribution in [3.8, 4) is 6.19 Å². The molecule has 0 rings (SSSR count). The molecule has 0 heterocycles. The number of rotatable bonds is 3. The van der Waals surface area contributed by atoms with E-state index in [9.17, 15) is 4.79 Å². The molecule has 0 aromatic rings. The van der Waals surface area contributed by atoms with Gasteiger partial charge in [0.2, 0.25) is 12.2 Å². The van der Waals surface area contributed by atoms with Gasteiger partial charge in [-0.2, -0.15) is 5.26 Å². The summed E-state index contributed by atoms with van der Waals surface area (Å²) in [6.45, 7) is 2.31. The number of hydrogen-bond donors (Lipinski definition) is 2. The summed E-state index contributed by atoms with van der Waals surface area (Å²) in [4.78, 5) is 13.9. The summed E-state index contributed by atoms with van der Waals surface area (Å²) in [7, 11) is 0. The first-order valence-electron chi connectivity index (χ1n) is 3.86. The third kappa shape index (κ3) is 6.62. The lowest BCUT2D eigenvalue weighted by molar-refractivity contribution is 0.150. The van der Waals surface area contributed by atoms with Gasteiger partial charge in [0.25, 0.3) is 0 Å². The lowest BCUT2D eigenvalue weighted by atomic mass is 10.4. The maximum absolute atomic E-state index is 10.8. The van der Waals surface area contributed by atoms with E-state index in [-0.39, 0.29) is 5.96 Å². The van der Waals surface area contributed by atoms with Crippen molar-refractivity contribution in [1.82, 2.24) is 5.32 Å². The monoisotopic (exact) mass is 184 g/mol. The van der Waals surface area contributed by atoms with E-state index >= 15 is 0 Å². The first kappa shape index (κ1) is 11.2. The molecule has 0 aliphatic rings. The van der Waals surface area contributed by atoms with Gasteiger partial charge in [0, 0.05) is 0 Å². The Balaban J connectivity index is 3.63. The fraction of sp³-hybridized carbons (Fsp3) is 0.571. The molecule has 0 aromatic heterocycles. The van der Waals surface area contributed by atoms with E-state index in [2.05, 4.69) is 15.0 Å². The quantitative estimate of drug-likeness (QED) is 0.285. The number of amides is 1. The van der Waals surface area contributed by atoms with Crippen LogP contribution in [0.5, 0.6) is 0 Å². The van der Waals surface area contributed by atoms with E-state index in [1.165, 1.54) is 6.19 Å². The first-order chi connectivity index (χ1) is 6.20. The average Bonchev–Trinajstić information content (AvgIpc) is 2.05. The zero-order valence-electron chi connectivity index (χ0n) is 7.41. The van der Waals surface area contributed by atoms with Gasteiger partial charge in [0.1, 0.15) is 0 Å². The molecule has 0 aromatic carbocycles. The molecular formula is C7H12N4O2. The van der Waals surface area contributed by atoms with E-state index in [1.807, 2.05) is 6.92 Å². The number of guanidine groups is 1. The minimum Gasteiger partial charge on any atom is -0.449 e. The Morgan fingerprint density at radius 1 is 1.77 bits per heavy atom. The first-order valence-corrected chi connectivity index (χ1v) is 3.86. The normalized spacial score (nSPS) is 10.3. The molecule has 0 bridgehead atoms. The summed E-state index contributed by atoms with van der Waals surface area (Å²) in [5, 5.41) is 10.1. The van der Waals surface area contributed by atoms with Crippen molar-refractivity contribution in [3.63, 3.8) is 0 Å². The second kappa shape index (κ2) is 6.91. The van der Waals surface area contributed by atoms with Crippen molar-refractivity contribution in [2.45, 2.75) is 19.8 Å². The molecule has 0 radical (unpaired) electrons. The van der Waals surface area contributed by atoms with Gasteiger partial charge < -0.3 is 10.5 Å². The standard InChI is InChI=1S/C7H12N4O2/c1-2-3-4-13-7(12)11-6(9)10-5-8/h2-4H2,1H3,(H3,9,10,11,12). The highest BCUT2D eigenvalue weighted by Gasteiger charge is 2.02. The van der Waals surface area contributed by atoms with Crippen LogP contribution in [0.2, 0.25) is 0 Å². The molecule has 0 saturated heterocycles. The van der Waals surface area contributed by atoms with Crippen LogP contribution in [0.1, 0.15) is 19.8 Å². The molecule has 0 unspecified atom stereocenters. The highest BCUT2D eigenvalue weighted by atomic mass is 16.5. The highest BCUT2D eigenvalue weighted by Crippen LogP contribution is 1.87. The minimum atomic E-state index is -0.690. The summed E-state index contributed by atoms with van der Waals surface area (Å²) in [6.07, 6.45) is 2.48. The van der Waals surface area contributed by atoms with E-state index < -0.39 is 6.09 Å². The fourth-order valence-electron chi connectivity index (χ4n) is 0.532. The third-order valence-electron chi connectivity index (χ3n) is 1.13. The van der Waals surface area contributed by atoms with Crippen molar-refractivity contribution in [1.29, 1.82) is 5.26 Å². The number of nitrogens with two attached hydrogens (primary N) is 1. The number of alkyl carbamates (subject to hydrolysis) is 1. The molecule has 0 atom stereocenters. The smallest absolute Gasteiger partial charge is 0.413 e. The number of carbonyl (C=O) groups excluding carboxylic acids is 1. The number of ether oxygens (including phenoxy) is 1. The predicted octanol–water partition coefficient (Wildman–Crippen LogP) is 0.308. The molecule has 0 aliphatic carbocycles. The molecule has 0 fully saturated rings. The van der Waals surface area contributed by atoms with Gasteiger partial charge >= 0.3 is 6.09 Å². The summed E-state index contributed by atoms with van der Waals surface area (Å²) in [6, 6.07) is 0. The Labute approximate surface area is 76.4 Å². The van der Waals surface area contributed by atoms with Gasteiger partial charge in [0.05, 0.1) is 6.61 Å². The van der Waals surface area contributed by atoms with Crippen LogP contribution in [0, 0.1) is 11.5 Å². The molecular weight excluding hydrogens is 172 g/mol. The molecule has 3 N–H and O–H groups in total. The van der Waals surface area contributed by atoms with Crippen molar-refractivity contribution in [2.24, 2.45) is 10.7 Å². The van der Waals surface area contributed by atoms with Gasteiger partial charge in [-0.25, -0.2) is 4.79 Å². The van der Waals surface area contributed by atoms with Gasteiger partial charge in [-0.05, 0) is 6.42 Å². The van der Waals surface area contributed by atoms with E-state index in [0.717, 1.165) is 12.8 Å². The lowest BCUT2D eigenvalue weighted by Gasteiger charge is -2.03. The van der Waals surface area contributed by atoms with E-state index in [4.69, 9.17) is 11.0 Å². The van der Waals surface area contributed by atoms with Crippen LogP contribution in [0.25, 0.3) is 0 Å². The maximum atomic E-state index is 10.8. The number of unbranched alkanes of at least 4 members (excludes halogenated alkanes) is 1. The number of aliphatic imine (C=N–C) groups is 1. The SMILES string of the molecule is CCCCOC(=O)NC(N)=NC#N. The van der Waals surface area contributed by atoms with Crippen LogP contribution in [0.4, 0.5) is 4.79 Å². The Bertz CT molecular complexity index is 231. The summed E-state index contributed by atoms with van der Waals surface area (Å²) in [5.41, 5.74) is 5.10. The number of nitriles is 1. The Hall–Kier alpha value is -1.77. The zero-order chi connectivity index (χ0) is 10.1. The number of nitrogens with zero attached hydrogens (tertiary/aromatic N) is 2. The number of carbonyl (C=O) groups is 1. The second-order valence-corrected chi connectivity index (χ2v) is 2.21. The molecule has 0 aliphatic heterocycles. The molecule has 6 nitrogen and oxygen atoms in total. The van der Waals surface area contributed by atoms with Crippen LogP contribution >= 0.6 is 0 Å².